The molecule has 2 heterocycles. The Morgan fingerprint density at radius 3 is 1.90 bits per heavy atom. The number of aromatic nitrogens is 2. The zero-order valence-corrected chi connectivity index (χ0v) is 27.4. The van der Waals surface area contributed by atoms with Crippen LogP contribution >= 0.6 is 15.2 Å². The number of carbonyl (C=O) groups excluding carboxylic acids is 2. The van der Waals surface area contributed by atoms with E-state index in [-0.39, 0.29) is 17.7 Å². The maximum absolute atomic E-state index is 13.1. The Balaban J connectivity index is 1.42. The number of nitrogens with one attached hydrogen (secondary N) is 1. The Hall–Kier alpha value is -4.82. The third-order valence-electron chi connectivity index (χ3n) is 6.75. The molecule has 0 saturated carbocycles. The molecule has 1 fully saturated rings. The van der Waals surface area contributed by atoms with E-state index < -0.39 is 69.9 Å². The molecule has 0 radical (unpaired) electrons. The van der Waals surface area contributed by atoms with E-state index in [0.717, 1.165) is 23.5 Å². The number of carbonyl (C=O) groups is 2. The molecule has 0 amide bonds. The largest absolute Gasteiger partial charge is 0.514 e. The monoisotopic (exact) mass is 716 g/mol. The van der Waals surface area contributed by atoms with E-state index in [2.05, 4.69) is 0 Å². The molecule has 1 aliphatic heterocycles. The summed E-state index contributed by atoms with van der Waals surface area (Å²) >= 11 is 0. The lowest BCUT2D eigenvalue weighted by atomic mass is 10.1. The SMILES string of the molecule is CP(=O)(Cc1ccccc1)OP(=O)(O)OCC1OC(n2ccc(=O)[nH]c2=O)C(OC(=O)Oc2ccccc2)C1OC(=O)Oc1ccccc1. The summed E-state index contributed by atoms with van der Waals surface area (Å²) in [5.41, 5.74) is -1.18. The number of phosphoric ester groups is 1. The molecule has 1 saturated heterocycles. The number of phosphoric acid groups is 1. The highest BCUT2D eigenvalue weighted by Crippen LogP contribution is 2.61. The predicted octanol–water partition coefficient (Wildman–Crippen LogP) is 4.84. The van der Waals surface area contributed by atoms with Crippen molar-refractivity contribution < 1.29 is 56.1 Å². The molecule has 258 valence electrons. The first-order valence-corrected chi connectivity index (χ1v) is 18.3. The van der Waals surface area contributed by atoms with Crippen LogP contribution in [0.25, 0.3) is 0 Å². The molecule has 3 aromatic carbocycles. The quantitative estimate of drug-likeness (QED) is 0.114. The topological polar surface area (TPSA) is 208 Å². The number of benzene rings is 3. The van der Waals surface area contributed by atoms with Gasteiger partial charge in [-0.1, -0.05) is 66.7 Å². The van der Waals surface area contributed by atoms with Gasteiger partial charge in [-0.2, -0.15) is 0 Å². The second-order valence-electron chi connectivity index (χ2n) is 10.6. The minimum atomic E-state index is -5.08. The number of nitrogens with zero attached hydrogens (tertiary/aromatic N) is 1. The maximum Gasteiger partial charge on any atom is 0.514 e. The molecule has 6 unspecified atom stereocenters. The van der Waals surface area contributed by atoms with Gasteiger partial charge in [-0.05, 0) is 29.8 Å². The van der Waals surface area contributed by atoms with Crippen molar-refractivity contribution in [2.75, 3.05) is 13.3 Å². The molecule has 1 aliphatic rings. The van der Waals surface area contributed by atoms with E-state index in [1.54, 1.807) is 66.7 Å². The van der Waals surface area contributed by atoms with E-state index in [0.29, 0.717) is 5.56 Å². The molecule has 0 bridgehead atoms. The Bertz CT molecular complexity index is 1960. The van der Waals surface area contributed by atoms with E-state index in [4.69, 9.17) is 32.5 Å². The van der Waals surface area contributed by atoms with Crippen LogP contribution in [0.5, 0.6) is 11.5 Å². The number of rotatable bonds is 12. The van der Waals surface area contributed by atoms with Crippen molar-refractivity contribution in [3.63, 3.8) is 0 Å². The fraction of sp³-hybridized carbons (Fsp3) is 0.226. The van der Waals surface area contributed by atoms with Gasteiger partial charge in [0, 0.05) is 25.1 Å². The molecule has 0 spiro atoms. The van der Waals surface area contributed by atoms with Gasteiger partial charge < -0.3 is 28.6 Å². The fourth-order valence-corrected chi connectivity index (χ4v) is 8.13. The standard InChI is InChI=1S/C31H30N2O14P2/c1-48(38,20-21-11-5-2-6-12-21)47-49(39,40)41-19-24-26(45-30(36)42-22-13-7-3-8-14-22)27(46-31(37)43-23-15-9-4-10-16-23)28(44-24)33-18-17-25(34)32-29(33)35/h2-18,24,26-28H,19-20H2,1H3,(H,39,40)(H,32,34,35). The fourth-order valence-electron chi connectivity index (χ4n) is 4.75. The van der Waals surface area contributed by atoms with Crippen molar-refractivity contribution in [2.24, 2.45) is 0 Å². The van der Waals surface area contributed by atoms with Crippen LogP contribution in [0.15, 0.2) is 113 Å². The average Bonchev–Trinajstić information content (AvgIpc) is 3.36. The number of aromatic amines is 1. The van der Waals surface area contributed by atoms with Gasteiger partial charge >= 0.3 is 25.8 Å². The first-order valence-electron chi connectivity index (χ1n) is 14.5. The maximum atomic E-state index is 13.1. The predicted molar refractivity (Wildman–Crippen MR) is 170 cm³/mol. The zero-order valence-electron chi connectivity index (χ0n) is 25.6. The molecular weight excluding hydrogens is 686 g/mol. The second kappa shape index (κ2) is 15.6. The molecule has 1 aromatic heterocycles. The normalized spacial score (nSPS) is 21.1. The number of ether oxygens (including phenoxy) is 5. The average molecular weight is 717 g/mol. The Labute approximate surface area is 278 Å². The lowest BCUT2D eigenvalue weighted by Gasteiger charge is -2.24. The van der Waals surface area contributed by atoms with Gasteiger partial charge in [0.1, 0.15) is 17.6 Å². The molecular formula is C31H30N2O14P2. The summed E-state index contributed by atoms with van der Waals surface area (Å²) in [6.07, 6.45) is -8.35. The number of hydrogen-bond donors (Lipinski definition) is 2. The second-order valence-corrected chi connectivity index (χ2v) is 14.8. The van der Waals surface area contributed by atoms with Gasteiger partial charge in [-0.15, -0.1) is 0 Å². The Kier molecular flexibility index (Phi) is 11.3. The lowest BCUT2D eigenvalue weighted by molar-refractivity contribution is -0.0603. The van der Waals surface area contributed by atoms with Crippen LogP contribution < -0.4 is 20.7 Å². The summed E-state index contributed by atoms with van der Waals surface area (Å²) in [5.74, 6) is 0.168. The summed E-state index contributed by atoms with van der Waals surface area (Å²) < 4.78 is 64.5. The molecule has 6 atom stereocenters. The summed E-state index contributed by atoms with van der Waals surface area (Å²) in [7, 11) is -8.84. The minimum absolute atomic E-state index is 0.0824. The van der Waals surface area contributed by atoms with Gasteiger partial charge in [-0.3, -0.25) is 23.4 Å². The Morgan fingerprint density at radius 2 is 1.35 bits per heavy atom. The van der Waals surface area contributed by atoms with Crippen LogP contribution in [0, 0.1) is 0 Å². The molecule has 5 rings (SSSR count). The van der Waals surface area contributed by atoms with Crippen molar-refractivity contribution in [1.29, 1.82) is 0 Å². The minimum Gasteiger partial charge on any atom is -0.424 e. The summed E-state index contributed by atoms with van der Waals surface area (Å²) in [4.78, 5) is 63.1. The van der Waals surface area contributed by atoms with Crippen molar-refractivity contribution in [2.45, 2.75) is 30.7 Å². The zero-order chi connectivity index (χ0) is 35.0. The third kappa shape index (κ3) is 10.1. The van der Waals surface area contributed by atoms with Crippen LogP contribution in [0.4, 0.5) is 9.59 Å². The number of para-hydroxylation sites is 2. The van der Waals surface area contributed by atoms with Crippen molar-refractivity contribution in [3.05, 3.63) is 130 Å². The highest BCUT2D eigenvalue weighted by molar-refractivity contribution is 7.66. The summed E-state index contributed by atoms with van der Waals surface area (Å²) in [6, 6.07) is 25.0. The molecule has 4 aromatic rings. The smallest absolute Gasteiger partial charge is 0.424 e. The van der Waals surface area contributed by atoms with Crippen molar-refractivity contribution >= 4 is 27.5 Å². The molecule has 2 N–H and O–H groups in total. The lowest BCUT2D eigenvalue weighted by Crippen LogP contribution is -2.43. The van der Waals surface area contributed by atoms with Crippen LogP contribution in [-0.2, 0) is 38.3 Å². The summed E-state index contributed by atoms with van der Waals surface area (Å²) in [5, 5.41) is 0. The molecule has 49 heavy (non-hydrogen) atoms. The van der Waals surface area contributed by atoms with Gasteiger partial charge in [0.25, 0.3) is 5.56 Å². The van der Waals surface area contributed by atoms with Crippen LogP contribution in [0.3, 0.4) is 0 Å². The van der Waals surface area contributed by atoms with Crippen molar-refractivity contribution in [1.82, 2.24) is 9.55 Å². The first kappa shape index (κ1) is 35.5. The van der Waals surface area contributed by atoms with Crippen LogP contribution in [-0.4, -0.2) is 58.3 Å². The summed E-state index contributed by atoms with van der Waals surface area (Å²) in [6.45, 7) is 0.273. The van der Waals surface area contributed by atoms with Crippen LogP contribution in [0.1, 0.15) is 11.8 Å². The van der Waals surface area contributed by atoms with E-state index in [9.17, 15) is 33.2 Å². The molecule has 0 aliphatic carbocycles. The van der Waals surface area contributed by atoms with Crippen LogP contribution in [0.2, 0.25) is 0 Å². The highest BCUT2D eigenvalue weighted by Gasteiger charge is 2.52. The van der Waals surface area contributed by atoms with E-state index in [1.807, 2.05) is 4.98 Å². The van der Waals surface area contributed by atoms with E-state index in [1.165, 1.54) is 24.3 Å². The van der Waals surface area contributed by atoms with Gasteiger partial charge in [0.15, 0.2) is 18.4 Å². The molecule has 18 heteroatoms. The highest BCUT2D eigenvalue weighted by atomic mass is 31.3. The third-order valence-corrected chi connectivity index (χ3v) is 10.4. The first-order chi connectivity index (χ1) is 23.4. The molecule has 16 nitrogen and oxygen atoms in total. The van der Waals surface area contributed by atoms with Crippen molar-refractivity contribution in [3.8, 4) is 11.5 Å². The van der Waals surface area contributed by atoms with Gasteiger partial charge in [0.05, 0.1) is 6.61 Å². The van der Waals surface area contributed by atoms with Gasteiger partial charge in [-0.25, -0.2) is 23.3 Å². The number of H-pyrrole nitrogens is 1. The number of hydrogen-bond acceptors (Lipinski definition) is 13. The van der Waals surface area contributed by atoms with Gasteiger partial charge in [0.2, 0.25) is 7.37 Å². The Morgan fingerprint density at radius 1 is 0.816 bits per heavy atom. The van der Waals surface area contributed by atoms with E-state index >= 15 is 0 Å².